The van der Waals surface area contributed by atoms with Crippen LogP contribution in [0, 0.1) is 0 Å². The predicted octanol–water partition coefficient (Wildman–Crippen LogP) is 4.18. The molecular formula is C21H18BrN3O3. The number of aromatic amines is 1. The van der Waals surface area contributed by atoms with Gasteiger partial charge >= 0.3 is 6.03 Å². The number of nitrogens with one attached hydrogen (secondary N) is 1. The van der Waals surface area contributed by atoms with Gasteiger partial charge in [0.05, 0.1) is 18.5 Å². The third-order valence-corrected chi connectivity index (χ3v) is 6.38. The summed E-state index contributed by atoms with van der Waals surface area (Å²) < 4.78 is 6.25. The van der Waals surface area contributed by atoms with Crippen molar-refractivity contribution in [2.75, 3.05) is 18.6 Å². The maximum absolute atomic E-state index is 13.5. The van der Waals surface area contributed by atoms with E-state index in [1.807, 2.05) is 37.3 Å². The topological polar surface area (TPSA) is 65.6 Å². The molecule has 2 aliphatic rings. The minimum absolute atomic E-state index is 0.237. The molecular weight excluding hydrogens is 422 g/mol. The number of carbonyl (C=O) groups excluding carboxylic acids is 2. The Morgan fingerprint density at radius 3 is 2.61 bits per heavy atom. The number of rotatable bonds is 2. The van der Waals surface area contributed by atoms with Gasteiger partial charge in [0.15, 0.2) is 5.54 Å². The van der Waals surface area contributed by atoms with Crippen LogP contribution in [-0.2, 0) is 16.8 Å². The first-order chi connectivity index (χ1) is 13.4. The highest BCUT2D eigenvalue weighted by Crippen LogP contribution is 2.45. The summed E-state index contributed by atoms with van der Waals surface area (Å²) in [4.78, 5) is 33.0. The lowest BCUT2D eigenvalue weighted by Crippen LogP contribution is -2.49. The van der Waals surface area contributed by atoms with Crippen LogP contribution >= 0.6 is 15.9 Å². The number of ether oxygens (including phenoxy) is 1. The molecule has 1 saturated heterocycles. The van der Waals surface area contributed by atoms with Crippen molar-refractivity contribution >= 4 is 44.5 Å². The lowest BCUT2D eigenvalue weighted by atomic mass is 9.87. The monoisotopic (exact) mass is 439 g/mol. The third kappa shape index (κ3) is 2.13. The fourth-order valence-corrected chi connectivity index (χ4v) is 4.63. The predicted molar refractivity (Wildman–Crippen MR) is 110 cm³/mol. The van der Waals surface area contributed by atoms with E-state index in [1.54, 1.807) is 24.1 Å². The minimum atomic E-state index is -1.05. The van der Waals surface area contributed by atoms with Gasteiger partial charge in [0, 0.05) is 21.9 Å². The molecule has 0 aliphatic carbocycles. The molecule has 0 radical (unpaired) electrons. The zero-order valence-electron chi connectivity index (χ0n) is 15.5. The number of urea groups is 1. The second kappa shape index (κ2) is 5.85. The highest BCUT2D eigenvalue weighted by Gasteiger charge is 2.58. The van der Waals surface area contributed by atoms with Crippen LogP contribution in [0.2, 0.25) is 0 Å². The highest BCUT2D eigenvalue weighted by molar-refractivity contribution is 9.10. The molecule has 1 unspecified atom stereocenters. The summed E-state index contributed by atoms with van der Waals surface area (Å²) in [5, 5.41) is 1.04. The molecule has 0 saturated carbocycles. The molecule has 0 bridgehead atoms. The average molecular weight is 440 g/mol. The van der Waals surface area contributed by atoms with Gasteiger partial charge in [0.2, 0.25) is 0 Å². The second-order valence-electron chi connectivity index (χ2n) is 7.26. The van der Waals surface area contributed by atoms with Gasteiger partial charge in [0.1, 0.15) is 5.75 Å². The number of fused-ring (bicyclic) bond motifs is 5. The second-order valence-corrected chi connectivity index (χ2v) is 8.18. The number of methoxy groups -OCH3 is 1. The van der Waals surface area contributed by atoms with Gasteiger partial charge < -0.3 is 14.6 Å². The normalized spacial score (nSPS) is 21.2. The summed E-state index contributed by atoms with van der Waals surface area (Å²) in [6, 6.07) is 12.8. The number of hydrogen-bond acceptors (Lipinski definition) is 3. The molecule has 3 aromatic rings. The summed E-state index contributed by atoms with van der Waals surface area (Å²) >= 11 is 3.39. The Morgan fingerprint density at radius 2 is 1.89 bits per heavy atom. The van der Waals surface area contributed by atoms with E-state index in [2.05, 4.69) is 20.9 Å². The van der Waals surface area contributed by atoms with E-state index in [-0.39, 0.29) is 11.9 Å². The Morgan fingerprint density at radius 1 is 1.14 bits per heavy atom. The number of amides is 3. The number of H-pyrrole nitrogens is 1. The molecule has 7 heteroatoms. The van der Waals surface area contributed by atoms with E-state index in [0.717, 1.165) is 32.4 Å². The van der Waals surface area contributed by atoms with E-state index >= 15 is 0 Å². The lowest BCUT2D eigenvalue weighted by Gasteiger charge is -2.35. The smallest absolute Gasteiger partial charge is 0.332 e. The van der Waals surface area contributed by atoms with E-state index in [4.69, 9.17) is 4.74 Å². The van der Waals surface area contributed by atoms with Crippen molar-refractivity contribution in [2.24, 2.45) is 0 Å². The van der Waals surface area contributed by atoms with Gasteiger partial charge in [0.25, 0.3) is 5.91 Å². The summed E-state index contributed by atoms with van der Waals surface area (Å²) in [7, 11) is 1.64. The van der Waals surface area contributed by atoms with Gasteiger partial charge in [-0.15, -0.1) is 0 Å². The largest absolute Gasteiger partial charge is 0.497 e. The molecule has 2 aromatic carbocycles. The quantitative estimate of drug-likeness (QED) is 0.609. The fraction of sp³-hybridized carbons (Fsp3) is 0.238. The van der Waals surface area contributed by atoms with Crippen LogP contribution in [-0.4, -0.2) is 35.5 Å². The van der Waals surface area contributed by atoms with Crippen molar-refractivity contribution < 1.29 is 14.3 Å². The molecule has 1 atom stereocenters. The Labute approximate surface area is 170 Å². The Balaban J connectivity index is 1.67. The molecule has 2 aliphatic heterocycles. The summed E-state index contributed by atoms with van der Waals surface area (Å²) in [6.07, 6.45) is 0.686. The van der Waals surface area contributed by atoms with Crippen molar-refractivity contribution in [1.29, 1.82) is 0 Å². The fourth-order valence-electron chi connectivity index (χ4n) is 4.36. The molecule has 1 fully saturated rings. The van der Waals surface area contributed by atoms with Crippen molar-refractivity contribution in [3.8, 4) is 5.75 Å². The average Bonchev–Trinajstić information content (AvgIpc) is 3.17. The van der Waals surface area contributed by atoms with Crippen molar-refractivity contribution in [3.63, 3.8) is 0 Å². The van der Waals surface area contributed by atoms with Crippen LogP contribution < -0.4 is 9.64 Å². The van der Waals surface area contributed by atoms with Crippen LogP contribution in [0.15, 0.2) is 46.9 Å². The maximum atomic E-state index is 13.5. The Hall–Kier alpha value is -2.80. The standard InChI is InChI=1S/C21H18BrN3O3/c1-21-18-15(16-11-14(28-2)7-8-17(16)23-18)9-10-24(21)20(27)25(19(21)26)13-5-3-12(22)4-6-13/h3-8,11,23H,9-10H2,1-2H3. The van der Waals surface area contributed by atoms with E-state index in [9.17, 15) is 9.59 Å². The molecule has 1 aromatic heterocycles. The van der Waals surface area contributed by atoms with Crippen molar-refractivity contribution in [1.82, 2.24) is 9.88 Å². The minimum Gasteiger partial charge on any atom is -0.497 e. The number of anilines is 1. The summed E-state index contributed by atoms with van der Waals surface area (Å²) in [5.74, 6) is 0.534. The zero-order valence-corrected chi connectivity index (χ0v) is 17.0. The molecule has 142 valence electrons. The van der Waals surface area contributed by atoms with Gasteiger partial charge in [-0.2, -0.15) is 0 Å². The summed E-state index contributed by atoms with van der Waals surface area (Å²) in [5.41, 5.74) is 2.33. The molecule has 28 heavy (non-hydrogen) atoms. The van der Waals surface area contributed by atoms with Crippen LogP contribution in [0.1, 0.15) is 18.2 Å². The van der Waals surface area contributed by atoms with E-state index in [1.165, 1.54) is 4.90 Å². The van der Waals surface area contributed by atoms with Crippen LogP contribution in [0.4, 0.5) is 10.5 Å². The van der Waals surface area contributed by atoms with Gasteiger partial charge in [-0.25, -0.2) is 9.69 Å². The first kappa shape index (κ1) is 17.3. The molecule has 1 N–H and O–H groups in total. The van der Waals surface area contributed by atoms with Gasteiger partial charge in [-0.05, 0) is 61.4 Å². The van der Waals surface area contributed by atoms with E-state index in [0.29, 0.717) is 18.7 Å². The van der Waals surface area contributed by atoms with Gasteiger partial charge in [-0.3, -0.25) is 4.79 Å². The SMILES string of the molecule is COc1ccc2[nH]c3c(c2c1)CCN1C(=O)N(c2ccc(Br)cc2)C(=O)C31C. The molecule has 0 spiro atoms. The number of nitrogens with zero attached hydrogens (tertiary/aromatic N) is 2. The third-order valence-electron chi connectivity index (χ3n) is 5.85. The highest BCUT2D eigenvalue weighted by atomic mass is 79.9. The lowest BCUT2D eigenvalue weighted by molar-refractivity contribution is -0.125. The first-order valence-corrected chi connectivity index (χ1v) is 9.85. The Kier molecular flexibility index (Phi) is 3.61. The molecule has 5 rings (SSSR count). The number of aromatic nitrogens is 1. The van der Waals surface area contributed by atoms with Crippen LogP contribution in [0.25, 0.3) is 10.9 Å². The Bertz CT molecular complexity index is 1140. The zero-order chi connectivity index (χ0) is 19.6. The summed E-state index contributed by atoms with van der Waals surface area (Å²) in [6.45, 7) is 2.32. The van der Waals surface area contributed by atoms with Crippen LogP contribution in [0.3, 0.4) is 0 Å². The molecule has 3 amide bonds. The molecule has 6 nitrogen and oxygen atoms in total. The number of imide groups is 1. The van der Waals surface area contributed by atoms with Crippen molar-refractivity contribution in [3.05, 3.63) is 58.2 Å². The number of halogens is 1. The first-order valence-electron chi connectivity index (χ1n) is 9.06. The maximum Gasteiger partial charge on any atom is 0.332 e. The van der Waals surface area contributed by atoms with Crippen molar-refractivity contribution in [2.45, 2.75) is 18.9 Å². The number of carbonyl (C=O) groups is 2. The van der Waals surface area contributed by atoms with E-state index < -0.39 is 5.54 Å². The van der Waals surface area contributed by atoms with Crippen LogP contribution in [0.5, 0.6) is 5.75 Å². The number of benzene rings is 2. The van der Waals surface area contributed by atoms with Gasteiger partial charge in [-0.1, -0.05) is 15.9 Å². The molecule has 3 heterocycles. The number of hydrogen-bond donors (Lipinski definition) is 1.